The molecule has 1 aromatic rings. The lowest BCUT2D eigenvalue weighted by Crippen LogP contribution is -3.15. The zero-order chi connectivity index (χ0) is 20.2. The molecule has 0 bridgehead atoms. The number of aliphatic carboxylic acids is 1. The lowest BCUT2D eigenvalue weighted by atomic mass is 9.81. The molecular weight excluding hydrogens is 368 g/mol. The molecule has 3 fully saturated rings. The van der Waals surface area contributed by atoms with Crippen LogP contribution in [0.4, 0.5) is 5.82 Å². The number of likely N-dealkylation sites (tertiary alicyclic amines) is 1. The van der Waals surface area contributed by atoms with Gasteiger partial charge in [0, 0.05) is 37.6 Å². The third kappa shape index (κ3) is 5.26. The molecule has 0 unspecified atom stereocenters. The zero-order valence-electron chi connectivity index (χ0n) is 17.1. The first kappa shape index (κ1) is 20.1. The summed E-state index contributed by atoms with van der Waals surface area (Å²) in [5.74, 6) is 1.01. The number of carboxylic acid groups (broad SMARTS) is 1. The summed E-state index contributed by atoms with van der Waals surface area (Å²) in [5.41, 5.74) is 0. The summed E-state index contributed by atoms with van der Waals surface area (Å²) >= 11 is 0. The van der Waals surface area contributed by atoms with Gasteiger partial charge in [-0.25, -0.2) is 4.98 Å². The number of carbonyl (C=O) groups is 2. The van der Waals surface area contributed by atoms with Crippen molar-refractivity contribution in [3.63, 3.8) is 0 Å². The molecule has 0 aromatic carbocycles. The van der Waals surface area contributed by atoms with Gasteiger partial charge in [-0.15, -0.1) is 0 Å². The van der Waals surface area contributed by atoms with E-state index in [0.29, 0.717) is 12.5 Å². The Morgan fingerprint density at radius 1 is 1.10 bits per heavy atom. The van der Waals surface area contributed by atoms with E-state index in [4.69, 9.17) is 0 Å². The van der Waals surface area contributed by atoms with Gasteiger partial charge in [-0.2, -0.15) is 0 Å². The molecular formula is C22H32N4O3. The predicted octanol–water partition coefficient (Wildman–Crippen LogP) is -0.809. The Kier molecular flexibility index (Phi) is 6.33. The topological polar surface area (TPSA) is 81.0 Å². The minimum atomic E-state index is -0.960. The van der Waals surface area contributed by atoms with E-state index in [1.165, 1.54) is 0 Å². The number of piperidine rings is 1. The molecule has 2 aliphatic heterocycles. The van der Waals surface area contributed by atoms with Gasteiger partial charge >= 0.3 is 0 Å². The number of quaternary nitrogens is 1. The number of hydrogen-bond donors (Lipinski definition) is 1. The van der Waals surface area contributed by atoms with Crippen LogP contribution < -0.4 is 14.9 Å². The van der Waals surface area contributed by atoms with Crippen molar-refractivity contribution in [1.82, 2.24) is 9.88 Å². The summed E-state index contributed by atoms with van der Waals surface area (Å²) in [5, 5.41) is 11.2. The molecule has 1 saturated carbocycles. The Morgan fingerprint density at radius 2 is 1.90 bits per heavy atom. The standard InChI is InChI=1S/C22H32N4O3/c27-21(28)15-18-7-10-26(22(29)17-4-5-17)16-19(18)6-9-24-11-13-25(14-12-24)20-3-1-2-8-23-20/h1-3,8,17-19H,4-7,9-16H2,(H,27,28)/t18-,19-/m0/s1. The molecule has 1 aliphatic carbocycles. The van der Waals surface area contributed by atoms with Crippen LogP contribution in [0.5, 0.6) is 0 Å². The van der Waals surface area contributed by atoms with Gasteiger partial charge in [-0.05, 0) is 49.7 Å². The highest BCUT2D eigenvalue weighted by Gasteiger charge is 2.38. The monoisotopic (exact) mass is 400 g/mol. The first-order valence-corrected chi connectivity index (χ1v) is 11.1. The Hall–Kier alpha value is -2.15. The van der Waals surface area contributed by atoms with Crippen LogP contribution in [0.2, 0.25) is 0 Å². The maximum absolute atomic E-state index is 12.5. The van der Waals surface area contributed by atoms with Crippen LogP contribution in [-0.2, 0) is 9.59 Å². The minimum absolute atomic E-state index is 0.124. The molecule has 7 nitrogen and oxygen atoms in total. The number of carbonyl (C=O) groups excluding carboxylic acids is 2. The van der Waals surface area contributed by atoms with Gasteiger partial charge in [0.2, 0.25) is 5.91 Å². The fourth-order valence-corrected chi connectivity index (χ4v) is 4.91. The van der Waals surface area contributed by atoms with E-state index >= 15 is 0 Å². The minimum Gasteiger partial charge on any atom is -0.550 e. The number of aromatic nitrogens is 1. The molecule has 1 amide bonds. The fraction of sp³-hybridized carbons (Fsp3) is 0.682. The summed E-state index contributed by atoms with van der Waals surface area (Å²) < 4.78 is 0. The molecule has 2 atom stereocenters. The highest BCUT2D eigenvalue weighted by molar-refractivity contribution is 5.81. The van der Waals surface area contributed by atoms with Gasteiger partial charge in [0.25, 0.3) is 0 Å². The van der Waals surface area contributed by atoms with E-state index in [1.807, 2.05) is 23.2 Å². The van der Waals surface area contributed by atoms with Crippen molar-refractivity contribution in [2.45, 2.75) is 32.1 Å². The van der Waals surface area contributed by atoms with Crippen molar-refractivity contribution in [3.05, 3.63) is 24.4 Å². The largest absolute Gasteiger partial charge is 0.550 e. The lowest BCUT2D eigenvalue weighted by molar-refractivity contribution is -0.901. The van der Waals surface area contributed by atoms with Crippen molar-refractivity contribution in [1.29, 1.82) is 0 Å². The molecule has 3 aliphatic rings. The van der Waals surface area contributed by atoms with Crippen molar-refractivity contribution < 1.29 is 19.6 Å². The SMILES string of the molecule is O=C([O-])C[C@@H]1CCN(C(=O)C2CC2)C[C@@H]1CC[NH+]1CCN(c2ccccn2)CC1. The molecule has 158 valence electrons. The number of pyridine rings is 1. The first-order chi connectivity index (χ1) is 14.1. The van der Waals surface area contributed by atoms with Crippen molar-refractivity contribution in [2.24, 2.45) is 17.8 Å². The van der Waals surface area contributed by atoms with E-state index in [2.05, 4.69) is 16.0 Å². The fourth-order valence-electron chi connectivity index (χ4n) is 4.91. The molecule has 29 heavy (non-hydrogen) atoms. The van der Waals surface area contributed by atoms with E-state index < -0.39 is 5.97 Å². The van der Waals surface area contributed by atoms with Gasteiger partial charge in [0.05, 0.1) is 32.7 Å². The van der Waals surface area contributed by atoms with Crippen molar-refractivity contribution in [3.8, 4) is 0 Å². The van der Waals surface area contributed by atoms with Gasteiger partial charge < -0.3 is 24.6 Å². The molecule has 0 spiro atoms. The van der Waals surface area contributed by atoms with Crippen LogP contribution in [0, 0.1) is 17.8 Å². The predicted molar refractivity (Wildman–Crippen MR) is 107 cm³/mol. The Balaban J connectivity index is 1.28. The Labute approximate surface area is 172 Å². The van der Waals surface area contributed by atoms with Crippen molar-refractivity contribution >= 4 is 17.7 Å². The van der Waals surface area contributed by atoms with E-state index in [1.54, 1.807) is 4.90 Å². The van der Waals surface area contributed by atoms with Crippen LogP contribution in [-0.4, -0.2) is 67.6 Å². The zero-order valence-corrected chi connectivity index (χ0v) is 17.1. The average Bonchev–Trinajstić information content (AvgIpc) is 3.58. The number of rotatable bonds is 7. The number of amides is 1. The maximum atomic E-state index is 12.5. The van der Waals surface area contributed by atoms with Gasteiger partial charge in [-0.1, -0.05) is 6.07 Å². The highest BCUT2D eigenvalue weighted by atomic mass is 16.4. The normalized spacial score (nSPS) is 25.8. The number of piperazine rings is 1. The number of anilines is 1. The van der Waals surface area contributed by atoms with Gasteiger partial charge in [0.15, 0.2) is 0 Å². The highest BCUT2D eigenvalue weighted by Crippen LogP contribution is 2.35. The number of nitrogens with one attached hydrogen (secondary N) is 1. The molecule has 7 heteroatoms. The number of hydrogen-bond acceptors (Lipinski definition) is 5. The quantitative estimate of drug-likeness (QED) is 0.648. The summed E-state index contributed by atoms with van der Waals surface area (Å²) in [6.45, 7) is 6.59. The third-order valence-corrected chi connectivity index (χ3v) is 6.87. The van der Waals surface area contributed by atoms with Crippen molar-refractivity contribution in [2.75, 3.05) is 50.7 Å². The second-order valence-corrected chi connectivity index (χ2v) is 8.91. The van der Waals surface area contributed by atoms with E-state index in [9.17, 15) is 14.7 Å². The third-order valence-electron chi connectivity index (χ3n) is 6.87. The van der Waals surface area contributed by atoms with Gasteiger partial charge in [0.1, 0.15) is 5.82 Å². The second-order valence-electron chi connectivity index (χ2n) is 8.91. The van der Waals surface area contributed by atoms with Crippen LogP contribution in [0.1, 0.15) is 32.1 Å². The molecule has 4 rings (SSSR count). The molecule has 3 heterocycles. The second kappa shape index (κ2) is 9.11. The van der Waals surface area contributed by atoms with Crippen LogP contribution in [0.15, 0.2) is 24.4 Å². The van der Waals surface area contributed by atoms with Gasteiger partial charge in [-0.3, -0.25) is 4.79 Å². The molecule has 1 aromatic heterocycles. The number of nitrogens with zero attached hydrogens (tertiary/aromatic N) is 3. The van der Waals surface area contributed by atoms with E-state index in [-0.39, 0.29) is 24.2 Å². The summed E-state index contributed by atoms with van der Waals surface area (Å²) in [7, 11) is 0. The lowest BCUT2D eigenvalue weighted by Gasteiger charge is -2.40. The smallest absolute Gasteiger partial charge is 0.225 e. The van der Waals surface area contributed by atoms with Crippen LogP contribution >= 0.6 is 0 Å². The molecule has 2 saturated heterocycles. The van der Waals surface area contributed by atoms with Crippen LogP contribution in [0.3, 0.4) is 0 Å². The molecule has 0 radical (unpaired) electrons. The average molecular weight is 401 g/mol. The maximum Gasteiger partial charge on any atom is 0.225 e. The Bertz CT molecular complexity index is 701. The summed E-state index contributed by atoms with van der Waals surface area (Å²) in [6, 6.07) is 6.02. The first-order valence-electron chi connectivity index (χ1n) is 11.1. The van der Waals surface area contributed by atoms with Crippen LogP contribution in [0.25, 0.3) is 0 Å². The Morgan fingerprint density at radius 3 is 2.55 bits per heavy atom. The molecule has 1 N–H and O–H groups in total. The number of carboxylic acids is 1. The summed E-state index contributed by atoms with van der Waals surface area (Å²) in [4.78, 5) is 34.1. The summed E-state index contributed by atoms with van der Waals surface area (Å²) in [6.07, 6.45) is 5.77. The van der Waals surface area contributed by atoms with E-state index in [0.717, 1.165) is 70.8 Å².